The predicted octanol–water partition coefficient (Wildman–Crippen LogP) is -0.456. The van der Waals surface area contributed by atoms with E-state index in [9.17, 15) is 13.2 Å². The number of ether oxygens (including phenoxy) is 1. The SMILES string of the molecule is CNS(=O)(=O)c1ccc(-n2cnc(C(=O)OC)n2)c(N)c1. The Morgan fingerprint density at radius 3 is 2.71 bits per heavy atom. The lowest BCUT2D eigenvalue weighted by atomic mass is 10.3. The first-order chi connectivity index (χ1) is 9.89. The molecular formula is C11H13N5O4S. The number of sulfonamides is 1. The smallest absolute Gasteiger partial charge is 0.377 e. The number of carbonyl (C=O) groups is 1. The summed E-state index contributed by atoms with van der Waals surface area (Å²) in [6, 6.07) is 4.13. The summed E-state index contributed by atoms with van der Waals surface area (Å²) >= 11 is 0. The maximum absolute atomic E-state index is 11.7. The van der Waals surface area contributed by atoms with Gasteiger partial charge in [-0.25, -0.2) is 27.6 Å². The van der Waals surface area contributed by atoms with Crippen LogP contribution in [0.2, 0.25) is 0 Å². The molecule has 0 saturated carbocycles. The Labute approximate surface area is 120 Å². The van der Waals surface area contributed by atoms with Crippen molar-refractivity contribution in [1.82, 2.24) is 19.5 Å². The number of carbonyl (C=O) groups excluding carboxylic acids is 1. The summed E-state index contributed by atoms with van der Waals surface area (Å²) < 4.78 is 31.3. The van der Waals surface area contributed by atoms with E-state index in [-0.39, 0.29) is 16.4 Å². The number of nitrogens with two attached hydrogens (primary N) is 1. The van der Waals surface area contributed by atoms with Crippen LogP contribution >= 0.6 is 0 Å². The van der Waals surface area contributed by atoms with Crippen molar-refractivity contribution >= 4 is 21.7 Å². The highest BCUT2D eigenvalue weighted by Gasteiger charge is 2.16. The standard InChI is InChI=1S/C11H13N5O4S/c1-13-21(18,19)7-3-4-9(8(12)5-7)16-6-14-10(15-16)11(17)20-2/h3-6,13H,12H2,1-2H3. The van der Waals surface area contributed by atoms with Crippen molar-refractivity contribution < 1.29 is 17.9 Å². The van der Waals surface area contributed by atoms with Crippen LogP contribution in [0.1, 0.15) is 10.6 Å². The number of nitrogens with one attached hydrogen (secondary N) is 1. The van der Waals surface area contributed by atoms with E-state index < -0.39 is 16.0 Å². The summed E-state index contributed by atoms with van der Waals surface area (Å²) in [5.74, 6) is -0.800. The Morgan fingerprint density at radius 2 is 2.14 bits per heavy atom. The third-order valence-electron chi connectivity index (χ3n) is 2.68. The summed E-state index contributed by atoms with van der Waals surface area (Å²) in [4.78, 5) is 15.1. The molecule has 0 aliphatic heterocycles. The second-order valence-corrected chi connectivity index (χ2v) is 5.82. The van der Waals surface area contributed by atoms with E-state index in [2.05, 4.69) is 19.5 Å². The molecule has 0 aliphatic carbocycles. The number of hydrogen-bond donors (Lipinski definition) is 2. The van der Waals surface area contributed by atoms with Crippen LogP contribution in [0.25, 0.3) is 5.69 Å². The van der Waals surface area contributed by atoms with Crippen LogP contribution in [0.5, 0.6) is 0 Å². The largest absolute Gasteiger partial charge is 0.463 e. The summed E-state index contributed by atoms with van der Waals surface area (Å²) in [7, 11) is -1.06. The molecule has 1 heterocycles. The van der Waals surface area contributed by atoms with Crippen LogP contribution in [0.4, 0.5) is 5.69 Å². The van der Waals surface area contributed by atoms with Gasteiger partial charge in [0.2, 0.25) is 10.0 Å². The molecule has 0 saturated heterocycles. The van der Waals surface area contributed by atoms with E-state index in [1.54, 1.807) is 0 Å². The zero-order valence-electron chi connectivity index (χ0n) is 11.3. The van der Waals surface area contributed by atoms with Gasteiger partial charge in [-0.2, -0.15) is 0 Å². The first-order valence-electron chi connectivity index (χ1n) is 5.72. The van der Waals surface area contributed by atoms with Gasteiger partial charge < -0.3 is 10.5 Å². The van der Waals surface area contributed by atoms with Gasteiger partial charge in [0.15, 0.2) is 0 Å². The minimum atomic E-state index is -3.58. The molecule has 0 bridgehead atoms. The normalized spacial score (nSPS) is 11.3. The highest BCUT2D eigenvalue weighted by atomic mass is 32.2. The minimum absolute atomic E-state index is 0.0274. The number of rotatable bonds is 4. The maximum atomic E-state index is 11.7. The number of nitrogens with zero attached hydrogens (tertiary/aromatic N) is 3. The van der Waals surface area contributed by atoms with E-state index >= 15 is 0 Å². The molecule has 0 fully saturated rings. The summed E-state index contributed by atoms with van der Waals surface area (Å²) in [5.41, 5.74) is 6.40. The van der Waals surface area contributed by atoms with Crippen molar-refractivity contribution in [3.05, 3.63) is 30.4 Å². The molecule has 1 aromatic carbocycles. The van der Waals surface area contributed by atoms with Crippen molar-refractivity contribution in [3.8, 4) is 5.69 Å². The number of benzene rings is 1. The van der Waals surface area contributed by atoms with Crippen LogP contribution in [-0.4, -0.2) is 43.3 Å². The molecule has 112 valence electrons. The Balaban J connectivity index is 2.42. The van der Waals surface area contributed by atoms with Gasteiger partial charge in [0.25, 0.3) is 5.82 Å². The first kappa shape index (κ1) is 14.9. The molecule has 0 radical (unpaired) electrons. The van der Waals surface area contributed by atoms with Gasteiger partial charge in [0.05, 0.1) is 23.4 Å². The number of hydrogen-bond acceptors (Lipinski definition) is 7. The fourth-order valence-electron chi connectivity index (χ4n) is 1.59. The highest BCUT2D eigenvalue weighted by molar-refractivity contribution is 7.89. The van der Waals surface area contributed by atoms with Crippen molar-refractivity contribution in [2.75, 3.05) is 19.9 Å². The van der Waals surface area contributed by atoms with Crippen LogP contribution in [0.3, 0.4) is 0 Å². The molecule has 3 N–H and O–H groups in total. The summed E-state index contributed by atoms with van der Waals surface area (Å²) in [6.45, 7) is 0. The van der Waals surface area contributed by atoms with Crippen molar-refractivity contribution in [2.45, 2.75) is 4.90 Å². The Kier molecular flexibility index (Phi) is 3.91. The molecule has 0 aliphatic rings. The highest BCUT2D eigenvalue weighted by Crippen LogP contribution is 2.20. The van der Waals surface area contributed by atoms with E-state index in [4.69, 9.17) is 5.73 Å². The predicted molar refractivity (Wildman–Crippen MR) is 73.4 cm³/mol. The number of nitrogen functional groups attached to an aromatic ring is 1. The molecule has 9 nitrogen and oxygen atoms in total. The van der Waals surface area contributed by atoms with E-state index in [1.165, 1.54) is 43.4 Å². The van der Waals surface area contributed by atoms with Gasteiger partial charge in [-0.15, -0.1) is 5.10 Å². The topological polar surface area (TPSA) is 129 Å². The number of aromatic nitrogens is 3. The Morgan fingerprint density at radius 1 is 1.43 bits per heavy atom. The average molecular weight is 311 g/mol. The average Bonchev–Trinajstić information content (AvgIpc) is 2.95. The maximum Gasteiger partial charge on any atom is 0.377 e. The lowest BCUT2D eigenvalue weighted by Gasteiger charge is -2.08. The van der Waals surface area contributed by atoms with Crippen molar-refractivity contribution in [2.24, 2.45) is 0 Å². The first-order valence-corrected chi connectivity index (χ1v) is 7.21. The van der Waals surface area contributed by atoms with Gasteiger partial charge >= 0.3 is 5.97 Å². The Bertz CT molecular complexity index is 784. The zero-order chi connectivity index (χ0) is 15.6. The molecule has 2 rings (SSSR count). The monoisotopic (exact) mass is 311 g/mol. The third kappa shape index (κ3) is 2.85. The van der Waals surface area contributed by atoms with Crippen LogP contribution in [-0.2, 0) is 14.8 Å². The van der Waals surface area contributed by atoms with Crippen molar-refractivity contribution in [1.29, 1.82) is 0 Å². The van der Waals surface area contributed by atoms with Gasteiger partial charge in [-0.1, -0.05) is 0 Å². The molecule has 21 heavy (non-hydrogen) atoms. The van der Waals surface area contributed by atoms with Gasteiger partial charge in [-0.3, -0.25) is 0 Å². The Hall–Kier alpha value is -2.46. The van der Waals surface area contributed by atoms with Gasteiger partial charge in [-0.05, 0) is 25.2 Å². The lowest BCUT2D eigenvalue weighted by Crippen LogP contribution is -2.19. The summed E-state index contributed by atoms with van der Waals surface area (Å²) in [5, 5.41) is 3.91. The van der Waals surface area contributed by atoms with Crippen LogP contribution in [0.15, 0.2) is 29.4 Å². The summed E-state index contributed by atoms with van der Waals surface area (Å²) in [6.07, 6.45) is 1.28. The van der Waals surface area contributed by atoms with Gasteiger partial charge in [0, 0.05) is 0 Å². The van der Waals surface area contributed by atoms with E-state index in [1.807, 2.05) is 0 Å². The lowest BCUT2D eigenvalue weighted by molar-refractivity contribution is 0.0587. The second-order valence-electron chi connectivity index (χ2n) is 3.93. The molecule has 2 aromatic rings. The second kappa shape index (κ2) is 5.50. The molecule has 0 atom stereocenters. The number of anilines is 1. The molecule has 0 spiro atoms. The molecular weight excluding hydrogens is 298 g/mol. The van der Waals surface area contributed by atoms with E-state index in [0.29, 0.717) is 5.69 Å². The molecule has 10 heteroatoms. The minimum Gasteiger partial charge on any atom is -0.463 e. The van der Waals surface area contributed by atoms with Crippen molar-refractivity contribution in [3.63, 3.8) is 0 Å². The molecule has 1 aromatic heterocycles. The molecule has 0 amide bonds. The fraction of sp³-hybridized carbons (Fsp3) is 0.182. The number of methoxy groups -OCH3 is 1. The number of esters is 1. The van der Waals surface area contributed by atoms with Crippen LogP contribution in [0, 0.1) is 0 Å². The fourth-order valence-corrected chi connectivity index (χ4v) is 2.36. The van der Waals surface area contributed by atoms with E-state index in [0.717, 1.165) is 0 Å². The van der Waals surface area contributed by atoms with Crippen LogP contribution < -0.4 is 10.5 Å². The third-order valence-corrected chi connectivity index (χ3v) is 4.10. The zero-order valence-corrected chi connectivity index (χ0v) is 12.1. The van der Waals surface area contributed by atoms with Gasteiger partial charge in [0.1, 0.15) is 6.33 Å². The quantitative estimate of drug-likeness (QED) is 0.577. The molecule has 0 unspecified atom stereocenters.